The van der Waals surface area contributed by atoms with Crippen molar-refractivity contribution in [2.24, 2.45) is 0 Å². The summed E-state index contributed by atoms with van der Waals surface area (Å²) in [6.07, 6.45) is 3.06. The van der Waals surface area contributed by atoms with E-state index in [4.69, 9.17) is 16.3 Å². The number of hydrogen-bond donors (Lipinski definition) is 2. The van der Waals surface area contributed by atoms with Crippen LogP contribution >= 0.6 is 11.6 Å². The molecule has 1 aromatic rings. The molecule has 88 valence electrons. The van der Waals surface area contributed by atoms with E-state index < -0.39 is 0 Å². The highest BCUT2D eigenvalue weighted by atomic mass is 35.5. The maximum absolute atomic E-state index is 9.99. The lowest BCUT2D eigenvalue weighted by Crippen LogP contribution is -2.29. The number of rotatable bonds is 4. The number of halogens is 1. The molecule has 4 heteroatoms. The van der Waals surface area contributed by atoms with Gasteiger partial charge in [-0.3, -0.25) is 0 Å². The van der Waals surface area contributed by atoms with Crippen LogP contribution in [-0.4, -0.2) is 24.8 Å². The summed E-state index contributed by atoms with van der Waals surface area (Å²) >= 11 is 5.98. The molecule has 16 heavy (non-hydrogen) atoms. The fourth-order valence-electron chi connectivity index (χ4n) is 1.95. The zero-order valence-electron chi connectivity index (χ0n) is 9.51. The molecule has 0 spiro atoms. The number of hydrogen-bond acceptors (Lipinski definition) is 3. The molecule has 2 N–H and O–H groups in total. The van der Waals surface area contributed by atoms with Crippen LogP contribution in [0.4, 0.5) is 0 Å². The molecule has 2 rings (SSSR count). The second kappa shape index (κ2) is 4.15. The predicted molar refractivity (Wildman–Crippen MR) is 64.4 cm³/mol. The van der Waals surface area contributed by atoms with E-state index in [2.05, 4.69) is 5.32 Å². The van der Waals surface area contributed by atoms with Crippen LogP contribution in [0, 0.1) is 0 Å². The van der Waals surface area contributed by atoms with Gasteiger partial charge in [0.05, 0.1) is 7.11 Å². The number of phenols is 1. The summed E-state index contributed by atoms with van der Waals surface area (Å²) in [6.45, 7) is 0. The third-order valence-electron chi connectivity index (χ3n) is 3.25. The minimum Gasteiger partial charge on any atom is -0.504 e. The van der Waals surface area contributed by atoms with E-state index in [9.17, 15) is 5.11 Å². The van der Waals surface area contributed by atoms with Gasteiger partial charge < -0.3 is 15.2 Å². The predicted octanol–water partition coefficient (Wildman–Crippen LogP) is 2.35. The Bertz CT molecular complexity index is 402. The fourth-order valence-corrected chi connectivity index (χ4v) is 2.18. The zero-order valence-corrected chi connectivity index (χ0v) is 10.3. The highest BCUT2D eigenvalue weighted by molar-refractivity contribution is 6.30. The molecule has 0 bridgehead atoms. The van der Waals surface area contributed by atoms with Crippen molar-refractivity contribution < 1.29 is 9.84 Å². The topological polar surface area (TPSA) is 41.5 Å². The first-order chi connectivity index (χ1) is 7.60. The van der Waals surface area contributed by atoms with Gasteiger partial charge in [0.1, 0.15) is 0 Å². The zero-order chi connectivity index (χ0) is 11.8. The van der Waals surface area contributed by atoms with Gasteiger partial charge in [0.2, 0.25) is 0 Å². The van der Waals surface area contributed by atoms with Crippen molar-refractivity contribution in [1.82, 2.24) is 5.32 Å². The summed E-state index contributed by atoms with van der Waals surface area (Å²) in [4.78, 5) is 0. The van der Waals surface area contributed by atoms with Gasteiger partial charge in [-0.25, -0.2) is 0 Å². The maximum atomic E-state index is 9.99. The van der Waals surface area contributed by atoms with Gasteiger partial charge in [-0.05, 0) is 32.4 Å². The molecular weight excluding hydrogens is 226 g/mol. The van der Waals surface area contributed by atoms with E-state index in [1.165, 1.54) is 7.11 Å². The average Bonchev–Trinajstić information content (AvgIpc) is 3.03. The molecule has 0 heterocycles. The van der Waals surface area contributed by atoms with E-state index in [0.29, 0.717) is 10.8 Å². The number of benzene rings is 1. The Balaban J connectivity index is 2.29. The largest absolute Gasteiger partial charge is 0.504 e. The Kier molecular flexibility index (Phi) is 3.00. The van der Waals surface area contributed by atoms with E-state index in [0.717, 1.165) is 24.8 Å². The van der Waals surface area contributed by atoms with Gasteiger partial charge >= 0.3 is 0 Å². The molecule has 0 saturated heterocycles. The van der Waals surface area contributed by atoms with Gasteiger partial charge in [0.15, 0.2) is 11.5 Å². The van der Waals surface area contributed by atoms with E-state index in [1.807, 2.05) is 7.05 Å². The third kappa shape index (κ3) is 2.11. The van der Waals surface area contributed by atoms with Crippen molar-refractivity contribution >= 4 is 11.6 Å². The van der Waals surface area contributed by atoms with Crippen LogP contribution in [-0.2, 0) is 6.42 Å². The average molecular weight is 242 g/mol. The van der Waals surface area contributed by atoms with Crippen LogP contribution in [0.3, 0.4) is 0 Å². The Morgan fingerprint density at radius 1 is 1.50 bits per heavy atom. The first-order valence-corrected chi connectivity index (χ1v) is 5.72. The molecule has 1 saturated carbocycles. The summed E-state index contributed by atoms with van der Waals surface area (Å²) in [6, 6.07) is 3.43. The van der Waals surface area contributed by atoms with E-state index in [-0.39, 0.29) is 11.3 Å². The van der Waals surface area contributed by atoms with Crippen molar-refractivity contribution in [3.63, 3.8) is 0 Å². The van der Waals surface area contributed by atoms with Crippen LogP contribution in [0.25, 0.3) is 0 Å². The van der Waals surface area contributed by atoms with Crippen LogP contribution < -0.4 is 10.1 Å². The van der Waals surface area contributed by atoms with Gasteiger partial charge in [-0.15, -0.1) is 0 Å². The summed E-state index contributed by atoms with van der Waals surface area (Å²) in [5, 5.41) is 13.9. The highest BCUT2D eigenvalue weighted by Crippen LogP contribution is 2.42. The Hall–Kier alpha value is -0.930. The molecule has 3 nitrogen and oxygen atoms in total. The van der Waals surface area contributed by atoms with Crippen molar-refractivity contribution in [1.29, 1.82) is 0 Å². The second-order valence-corrected chi connectivity index (χ2v) is 4.76. The lowest BCUT2D eigenvalue weighted by molar-refractivity contribution is 0.368. The number of phenolic OH excluding ortho intramolecular Hbond substituents is 1. The molecule has 1 fully saturated rings. The Labute approximate surface area is 100 Å². The van der Waals surface area contributed by atoms with Crippen LogP contribution in [0.1, 0.15) is 18.4 Å². The summed E-state index contributed by atoms with van der Waals surface area (Å²) in [5.41, 5.74) is 0.990. The second-order valence-electron chi connectivity index (χ2n) is 4.32. The quantitative estimate of drug-likeness (QED) is 0.850. The standard InChI is InChI=1S/C12H16ClNO2/c1-14-12(3-4-12)7-8-5-9(13)6-10(16-2)11(8)15/h5-6,14-15H,3-4,7H2,1-2H3. The minimum atomic E-state index is 0.146. The number of nitrogens with one attached hydrogen (secondary N) is 1. The van der Waals surface area contributed by atoms with Gasteiger partial charge in [0, 0.05) is 22.2 Å². The molecule has 0 aliphatic heterocycles. The molecule has 0 atom stereocenters. The number of aromatic hydroxyl groups is 1. The molecule has 0 amide bonds. The Morgan fingerprint density at radius 3 is 2.69 bits per heavy atom. The van der Waals surface area contributed by atoms with Crippen molar-refractivity contribution in [3.8, 4) is 11.5 Å². The van der Waals surface area contributed by atoms with Crippen molar-refractivity contribution in [3.05, 3.63) is 22.7 Å². The minimum absolute atomic E-state index is 0.146. The van der Waals surface area contributed by atoms with Gasteiger partial charge in [0.25, 0.3) is 0 Å². The highest BCUT2D eigenvalue weighted by Gasteiger charge is 2.41. The molecule has 1 aliphatic rings. The van der Waals surface area contributed by atoms with Crippen LogP contribution in [0.5, 0.6) is 11.5 Å². The summed E-state index contributed by atoms with van der Waals surface area (Å²) in [7, 11) is 3.48. The van der Waals surface area contributed by atoms with Gasteiger partial charge in [-0.2, -0.15) is 0 Å². The molecule has 0 aromatic heterocycles. The first kappa shape index (κ1) is 11.6. The normalized spacial score (nSPS) is 17.2. The Morgan fingerprint density at radius 2 is 2.19 bits per heavy atom. The number of methoxy groups -OCH3 is 1. The van der Waals surface area contributed by atoms with E-state index in [1.54, 1.807) is 12.1 Å². The molecule has 0 unspecified atom stereocenters. The molecule has 1 aliphatic carbocycles. The fraction of sp³-hybridized carbons (Fsp3) is 0.500. The summed E-state index contributed by atoms with van der Waals surface area (Å²) in [5.74, 6) is 0.642. The lowest BCUT2D eigenvalue weighted by atomic mass is 10.0. The third-order valence-corrected chi connectivity index (χ3v) is 3.47. The van der Waals surface area contributed by atoms with Crippen molar-refractivity contribution in [2.45, 2.75) is 24.8 Å². The summed E-state index contributed by atoms with van der Waals surface area (Å²) < 4.78 is 5.08. The van der Waals surface area contributed by atoms with Gasteiger partial charge in [-0.1, -0.05) is 11.6 Å². The maximum Gasteiger partial charge on any atom is 0.162 e. The molecule has 0 radical (unpaired) electrons. The number of ether oxygens (including phenoxy) is 1. The lowest BCUT2D eigenvalue weighted by Gasteiger charge is -2.16. The number of likely N-dealkylation sites (N-methyl/N-ethyl adjacent to an activating group) is 1. The monoisotopic (exact) mass is 241 g/mol. The van der Waals surface area contributed by atoms with Crippen LogP contribution in [0.15, 0.2) is 12.1 Å². The first-order valence-electron chi connectivity index (χ1n) is 5.34. The van der Waals surface area contributed by atoms with E-state index >= 15 is 0 Å². The molecule has 1 aromatic carbocycles. The smallest absolute Gasteiger partial charge is 0.162 e. The van der Waals surface area contributed by atoms with Crippen LogP contribution in [0.2, 0.25) is 5.02 Å². The molecular formula is C12H16ClNO2. The SMILES string of the molecule is CNC1(Cc2cc(Cl)cc(OC)c2O)CC1. The van der Waals surface area contributed by atoms with Crippen molar-refractivity contribution in [2.75, 3.05) is 14.2 Å².